The largest absolute Gasteiger partial charge is 0.0914 e. The van der Waals surface area contributed by atoms with Crippen molar-refractivity contribution in [1.29, 1.82) is 0 Å². The Hall–Kier alpha value is -0.260. The lowest BCUT2D eigenvalue weighted by Gasteiger charge is -1.99. The minimum Gasteiger partial charge on any atom is -0.0914 e. The zero-order chi connectivity index (χ0) is 6.41. The van der Waals surface area contributed by atoms with Crippen LogP contribution in [-0.4, -0.2) is 0 Å². The Kier molecular flexibility index (Phi) is 4.73. The molecule has 0 spiro atoms. The highest BCUT2D eigenvalue weighted by Gasteiger charge is 1.90. The molecule has 1 unspecified atom stereocenters. The van der Waals surface area contributed by atoms with Crippen LogP contribution >= 0.6 is 0 Å². The van der Waals surface area contributed by atoms with E-state index in [9.17, 15) is 0 Å². The van der Waals surface area contributed by atoms with Crippen LogP contribution in [0, 0.1) is 12.8 Å². The first-order valence-corrected chi connectivity index (χ1v) is 3.23. The molecule has 0 N–H and O–H groups in total. The van der Waals surface area contributed by atoms with Gasteiger partial charge in [-0.25, -0.2) is 0 Å². The van der Waals surface area contributed by atoms with Gasteiger partial charge in [0.1, 0.15) is 0 Å². The van der Waals surface area contributed by atoms with Crippen molar-refractivity contribution in [3.05, 3.63) is 19.1 Å². The summed E-state index contributed by atoms with van der Waals surface area (Å²) in [6.07, 6.45) is 6.57. The average molecular weight is 111 g/mol. The second-order valence-electron chi connectivity index (χ2n) is 2.15. The van der Waals surface area contributed by atoms with Gasteiger partial charge in [-0.05, 0) is 19.3 Å². The molecular formula is C8H15. The fraction of sp³-hybridized carbons (Fsp3) is 0.625. The third-order valence-electron chi connectivity index (χ3n) is 1.18. The maximum absolute atomic E-state index is 3.77. The standard InChI is InChI=1S/C8H15/c1-4-6-8(3)7-5-2/h5,7-8H,1,4,6H2,2-3H3. The molecule has 0 aliphatic heterocycles. The molecule has 0 amide bonds. The van der Waals surface area contributed by atoms with E-state index >= 15 is 0 Å². The van der Waals surface area contributed by atoms with E-state index in [1.165, 1.54) is 6.42 Å². The molecule has 0 heterocycles. The Labute approximate surface area is 52.6 Å². The minimum absolute atomic E-state index is 0.720. The van der Waals surface area contributed by atoms with Gasteiger partial charge < -0.3 is 0 Å². The topological polar surface area (TPSA) is 0 Å². The molecule has 0 saturated carbocycles. The average Bonchev–Trinajstić information content (AvgIpc) is 1.68. The van der Waals surface area contributed by atoms with E-state index in [-0.39, 0.29) is 0 Å². The number of hydrogen-bond donors (Lipinski definition) is 0. The van der Waals surface area contributed by atoms with Crippen molar-refractivity contribution in [3.8, 4) is 0 Å². The van der Waals surface area contributed by atoms with E-state index < -0.39 is 0 Å². The highest BCUT2D eigenvalue weighted by atomic mass is 14.0. The Morgan fingerprint density at radius 3 is 2.62 bits per heavy atom. The van der Waals surface area contributed by atoms with Crippen LogP contribution < -0.4 is 0 Å². The first-order chi connectivity index (χ1) is 3.81. The van der Waals surface area contributed by atoms with Gasteiger partial charge in [0.15, 0.2) is 0 Å². The molecule has 0 aromatic heterocycles. The molecular weight excluding hydrogens is 96.1 g/mol. The molecule has 1 radical (unpaired) electrons. The van der Waals surface area contributed by atoms with Crippen molar-refractivity contribution in [3.63, 3.8) is 0 Å². The summed E-state index contributed by atoms with van der Waals surface area (Å²) in [6, 6.07) is 0. The first-order valence-electron chi connectivity index (χ1n) is 3.23. The zero-order valence-corrected chi connectivity index (χ0v) is 5.85. The van der Waals surface area contributed by atoms with Gasteiger partial charge in [-0.15, -0.1) is 0 Å². The lowest BCUT2D eigenvalue weighted by molar-refractivity contribution is 0.656. The SMILES string of the molecule is [CH2]CCC(C)C=CC. The Balaban J connectivity index is 3.17. The van der Waals surface area contributed by atoms with Gasteiger partial charge in [0.2, 0.25) is 0 Å². The van der Waals surface area contributed by atoms with Crippen molar-refractivity contribution >= 4 is 0 Å². The highest BCUT2D eigenvalue weighted by Crippen LogP contribution is 2.04. The molecule has 0 aliphatic carbocycles. The summed E-state index contributed by atoms with van der Waals surface area (Å²) in [5.41, 5.74) is 0. The molecule has 0 heteroatoms. The summed E-state index contributed by atoms with van der Waals surface area (Å²) in [5, 5.41) is 0. The summed E-state index contributed by atoms with van der Waals surface area (Å²) >= 11 is 0. The molecule has 0 aliphatic rings. The van der Waals surface area contributed by atoms with E-state index in [1.807, 2.05) is 0 Å². The van der Waals surface area contributed by atoms with Crippen LogP contribution in [0.15, 0.2) is 12.2 Å². The Bertz CT molecular complexity index is 62.4. The Morgan fingerprint density at radius 1 is 1.62 bits per heavy atom. The van der Waals surface area contributed by atoms with Crippen molar-refractivity contribution in [2.75, 3.05) is 0 Å². The zero-order valence-electron chi connectivity index (χ0n) is 5.85. The second kappa shape index (κ2) is 4.89. The minimum atomic E-state index is 0.720. The summed E-state index contributed by atoms with van der Waals surface area (Å²) in [5.74, 6) is 0.720. The molecule has 47 valence electrons. The quantitative estimate of drug-likeness (QED) is 0.491. The molecule has 8 heavy (non-hydrogen) atoms. The van der Waals surface area contributed by atoms with Crippen LogP contribution in [0.4, 0.5) is 0 Å². The van der Waals surface area contributed by atoms with Gasteiger partial charge >= 0.3 is 0 Å². The molecule has 0 saturated heterocycles. The van der Waals surface area contributed by atoms with Crippen LogP contribution in [0.3, 0.4) is 0 Å². The molecule has 0 nitrogen and oxygen atoms in total. The third kappa shape index (κ3) is 3.91. The van der Waals surface area contributed by atoms with E-state index in [4.69, 9.17) is 0 Å². The smallest absolute Gasteiger partial charge is 0.0262 e. The molecule has 0 rings (SSSR count). The predicted octanol–water partition coefficient (Wildman–Crippen LogP) is 2.81. The molecule has 0 fully saturated rings. The van der Waals surface area contributed by atoms with Gasteiger partial charge in [0, 0.05) is 0 Å². The lowest BCUT2D eigenvalue weighted by atomic mass is 10.1. The lowest BCUT2D eigenvalue weighted by Crippen LogP contribution is -1.85. The van der Waals surface area contributed by atoms with E-state index in [0.717, 1.165) is 12.3 Å². The van der Waals surface area contributed by atoms with Gasteiger partial charge in [-0.1, -0.05) is 32.4 Å². The monoisotopic (exact) mass is 111 g/mol. The summed E-state index contributed by atoms with van der Waals surface area (Å²) in [6.45, 7) is 8.04. The number of allylic oxidation sites excluding steroid dienone is 2. The van der Waals surface area contributed by atoms with Crippen LogP contribution in [0.25, 0.3) is 0 Å². The number of hydrogen-bond acceptors (Lipinski definition) is 0. The summed E-state index contributed by atoms with van der Waals surface area (Å²) < 4.78 is 0. The van der Waals surface area contributed by atoms with E-state index in [2.05, 4.69) is 32.9 Å². The van der Waals surface area contributed by atoms with Crippen molar-refractivity contribution < 1.29 is 0 Å². The van der Waals surface area contributed by atoms with E-state index in [0.29, 0.717) is 0 Å². The highest BCUT2D eigenvalue weighted by molar-refractivity contribution is 4.82. The summed E-state index contributed by atoms with van der Waals surface area (Å²) in [7, 11) is 0. The van der Waals surface area contributed by atoms with Gasteiger partial charge in [0.25, 0.3) is 0 Å². The first kappa shape index (κ1) is 7.74. The number of rotatable bonds is 3. The van der Waals surface area contributed by atoms with Crippen LogP contribution in [0.2, 0.25) is 0 Å². The van der Waals surface area contributed by atoms with Gasteiger partial charge in [-0.2, -0.15) is 0 Å². The maximum atomic E-state index is 3.77. The molecule has 1 atom stereocenters. The normalized spacial score (nSPS) is 14.9. The Morgan fingerprint density at radius 2 is 2.25 bits per heavy atom. The summed E-state index contributed by atoms with van der Waals surface area (Å²) in [4.78, 5) is 0. The van der Waals surface area contributed by atoms with Crippen LogP contribution in [-0.2, 0) is 0 Å². The third-order valence-corrected chi connectivity index (χ3v) is 1.18. The fourth-order valence-electron chi connectivity index (χ4n) is 0.747. The van der Waals surface area contributed by atoms with Crippen LogP contribution in [0.5, 0.6) is 0 Å². The van der Waals surface area contributed by atoms with E-state index in [1.54, 1.807) is 0 Å². The van der Waals surface area contributed by atoms with Crippen molar-refractivity contribution in [2.24, 2.45) is 5.92 Å². The maximum Gasteiger partial charge on any atom is -0.0262 e. The van der Waals surface area contributed by atoms with Crippen LogP contribution in [0.1, 0.15) is 26.7 Å². The van der Waals surface area contributed by atoms with Crippen molar-refractivity contribution in [2.45, 2.75) is 26.7 Å². The van der Waals surface area contributed by atoms with Gasteiger partial charge in [0.05, 0.1) is 0 Å². The van der Waals surface area contributed by atoms with Crippen molar-refractivity contribution in [1.82, 2.24) is 0 Å². The molecule has 0 aromatic carbocycles. The van der Waals surface area contributed by atoms with Gasteiger partial charge in [-0.3, -0.25) is 0 Å². The fourth-order valence-corrected chi connectivity index (χ4v) is 0.747. The molecule has 0 bridgehead atoms. The second-order valence-corrected chi connectivity index (χ2v) is 2.15. The molecule has 0 aromatic rings. The predicted molar refractivity (Wildman–Crippen MR) is 38.6 cm³/mol.